The first-order valence-electron chi connectivity index (χ1n) is 5.25. The molecule has 104 valence electrons. The van der Waals surface area contributed by atoms with Crippen molar-refractivity contribution in [1.29, 1.82) is 0 Å². The minimum absolute atomic E-state index is 0.144. The first kappa shape index (κ1) is 14.4. The molecule has 0 saturated heterocycles. The number of ether oxygens (including phenoxy) is 2. The highest BCUT2D eigenvalue weighted by Crippen LogP contribution is 2.29. The minimum Gasteiger partial charge on any atom is -0.467 e. The standard InChI is InChI=1S/C9H13N5O5/c1-3-19-5(15)4-11-8-6(14(16)17)7(10)12-9(13-8)18-2/h3-4H2,1-2H3,(H3,10,11,12,13). The van der Waals surface area contributed by atoms with Crippen LogP contribution in [0.3, 0.4) is 0 Å². The molecule has 1 aromatic rings. The number of nitro groups is 1. The maximum absolute atomic E-state index is 11.2. The lowest BCUT2D eigenvalue weighted by atomic mass is 10.4. The number of nitrogen functional groups attached to an aromatic ring is 1. The first-order chi connectivity index (χ1) is 8.99. The molecule has 0 aromatic carbocycles. The molecule has 1 aromatic heterocycles. The Bertz CT molecular complexity index is 492. The van der Waals surface area contributed by atoms with Crippen molar-refractivity contribution < 1.29 is 19.2 Å². The van der Waals surface area contributed by atoms with Crippen LogP contribution < -0.4 is 15.8 Å². The number of nitrogens with two attached hydrogens (primary N) is 1. The molecule has 0 radical (unpaired) electrons. The topological polar surface area (TPSA) is 142 Å². The van der Waals surface area contributed by atoms with Gasteiger partial charge in [-0.25, -0.2) is 0 Å². The molecule has 0 saturated carbocycles. The van der Waals surface area contributed by atoms with Gasteiger partial charge in [0.1, 0.15) is 6.54 Å². The highest BCUT2D eigenvalue weighted by atomic mass is 16.6. The quantitative estimate of drug-likeness (QED) is 0.413. The highest BCUT2D eigenvalue weighted by Gasteiger charge is 2.23. The normalized spacial score (nSPS) is 9.79. The second kappa shape index (κ2) is 6.33. The number of hydrogen-bond acceptors (Lipinski definition) is 9. The molecule has 0 bridgehead atoms. The Morgan fingerprint density at radius 3 is 2.74 bits per heavy atom. The third-order valence-corrected chi connectivity index (χ3v) is 1.96. The molecule has 0 amide bonds. The van der Waals surface area contributed by atoms with Crippen molar-refractivity contribution in [2.45, 2.75) is 6.92 Å². The van der Waals surface area contributed by atoms with Gasteiger partial charge < -0.3 is 20.5 Å². The van der Waals surface area contributed by atoms with Gasteiger partial charge in [0.25, 0.3) is 0 Å². The van der Waals surface area contributed by atoms with E-state index in [9.17, 15) is 14.9 Å². The van der Waals surface area contributed by atoms with Crippen molar-refractivity contribution in [2.75, 3.05) is 31.3 Å². The molecule has 0 aliphatic rings. The van der Waals surface area contributed by atoms with Gasteiger partial charge in [0, 0.05) is 0 Å². The number of aromatic nitrogens is 2. The third kappa shape index (κ3) is 3.66. The number of nitrogens with zero attached hydrogens (tertiary/aromatic N) is 3. The molecule has 19 heavy (non-hydrogen) atoms. The van der Waals surface area contributed by atoms with Crippen molar-refractivity contribution in [1.82, 2.24) is 9.97 Å². The van der Waals surface area contributed by atoms with Gasteiger partial charge in [-0.3, -0.25) is 14.9 Å². The summed E-state index contributed by atoms with van der Waals surface area (Å²) >= 11 is 0. The molecule has 0 aliphatic heterocycles. The van der Waals surface area contributed by atoms with Crippen molar-refractivity contribution in [2.24, 2.45) is 0 Å². The summed E-state index contributed by atoms with van der Waals surface area (Å²) in [6.45, 7) is 1.57. The molecule has 1 heterocycles. The first-order valence-corrected chi connectivity index (χ1v) is 5.25. The van der Waals surface area contributed by atoms with Gasteiger partial charge in [0.2, 0.25) is 11.6 Å². The Balaban J connectivity index is 2.99. The zero-order chi connectivity index (χ0) is 14.4. The van der Waals surface area contributed by atoms with E-state index in [0.29, 0.717) is 0 Å². The van der Waals surface area contributed by atoms with Gasteiger partial charge in [-0.15, -0.1) is 0 Å². The Labute approximate surface area is 108 Å². The van der Waals surface area contributed by atoms with Crippen LogP contribution in [0.2, 0.25) is 0 Å². The Morgan fingerprint density at radius 2 is 2.21 bits per heavy atom. The number of hydrogen-bond donors (Lipinski definition) is 2. The molecule has 0 aliphatic carbocycles. The number of methoxy groups -OCH3 is 1. The Morgan fingerprint density at radius 1 is 1.53 bits per heavy atom. The molecule has 3 N–H and O–H groups in total. The van der Waals surface area contributed by atoms with E-state index in [1.54, 1.807) is 6.92 Å². The number of nitrogens with one attached hydrogen (secondary N) is 1. The van der Waals surface area contributed by atoms with Gasteiger partial charge in [0.15, 0.2) is 0 Å². The van der Waals surface area contributed by atoms with Crippen LogP contribution in [0.1, 0.15) is 6.92 Å². The van der Waals surface area contributed by atoms with Crippen molar-refractivity contribution in [3.63, 3.8) is 0 Å². The molecule has 1 rings (SSSR count). The number of anilines is 2. The lowest BCUT2D eigenvalue weighted by Gasteiger charge is -2.08. The molecule has 10 nitrogen and oxygen atoms in total. The van der Waals surface area contributed by atoms with Gasteiger partial charge in [-0.2, -0.15) is 9.97 Å². The van der Waals surface area contributed by atoms with Crippen LogP contribution in [0, 0.1) is 10.1 Å². The predicted octanol–water partition coefficient (Wildman–Crippen LogP) is -0.0494. The smallest absolute Gasteiger partial charge is 0.353 e. The summed E-state index contributed by atoms with van der Waals surface area (Å²) in [5, 5.41) is 13.3. The van der Waals surface area contributed by atoms with Crippen LogP contribution >= 0.6 is 0 Å². The maximum atomic E-state index is 11.2. The molecule has 0 spiro atoms. The van der Waals surface area contributed by atoms with Crippen LogP contribution in [0.25, 0.3) is 0 Å². The van der Waals surface area contributed by atoms with Crippen LogP contribution in [-0.4, -0.2) is 41.1 Å². The zero-order valence-corrected chi connectivity index (χ0v) is 10.4. The zero-order valence-electron chi connectivity index (χ0n) is 10.4. The average Bonchev–Trinajstić information content (AvgIpc) is 2.35. The van der Waals surface area contributed by atoms with Crippen LogP contribution in [0.5, 0.6) is 6.01 Å². The number of carbonyl (C=O) groups excluding carboxylic acids is 1. The Kier molecular flexibility index (Phi) is 4.80. The molecule has 0 atom stereocenters. The van der Waals surface area contributed by atoms with Crippen molar-refractivity contribution in [3.8, 4) is 6.01 Å². The van der Waals surface area contributed by atoms with Crippen LogP contribution in [0.4, 0.5) is 17.3 Å². The largest absolute Gasteiger partial charge is 0.467 e. The molecule has 0 unspecified atom stereocenters. The van der Waals surface area contributed by atoms with Crippen LogP contribution in [0.15, 0.2) is 0 Å². The number of carbonyl (C=O) groups is 1. The number of esters is 1. The summed E-state index contributed by atoms with van der Waals surface area (Å²) in [5.74, 6) is -1.14. The van der Waals surface area contributed by atoms with Crippen molar-refractivity contribution in [3.05, 3.63) is 10.1 Å². The van der Waals surface area contributed by atoms with Gasteiger partial charge in [0.05, 0.1) is 18.6 Å². The lowest BCUT2D eigenvalue weighted by molar-refractivity contribution is -0.383. The summed E-state index contributed by atoms with van der Waals surface area (Å²) in [7, 11) is 1.29. The monoisotopic (exact) mass is 271 g/mol. The summed E-state index contributed by atoms with van der Waals surface area (Å²) in [6, 6.07) is -0.144. The minimum atomic E-state index is -0.748. The predicted molar refractivity (Wildman–Crippen MR) is 64.8 cm³/mol. The average molecular weight is 271 g/mol. The van der Waals surface area contributed by atoms with Crippen molar-refractivity contribution >= 4 is 23.3 Å². The van der Waals surface area contributed by atoms with E-state index < -0.39 is 16.6 Å². The SMILES string of the molecule is CCOC(=O)CNc1nc(OC)nc(N)c1[N+](=O)[O-]. The molecular weight excluding hydrogens is 258 g/mol. The van der Waals surface area contributed by atoms with Gasteiger partial charge >= 0.3 is 17.7 Å². The van der Waals surface area contributed by atoms with E-state index in [4.69, 9.17) is 10.5 Å². The lowest BCUT2D eigenvalue weighted by Crippen LogP contribution is -2.19. The number of rotatable bonds is 6. The summed E-state index contributed by atoms with van der Waals surface area (Å²) in [6.07, 6.45) is 0. The third-order valence-electron chi connectivity index (χ3n) is 1.96. The molecule has 0 fully saturated rings. The van der Waals surface area contributed by atoms with Gasteiger partial charge in [-0.05, 0) is 6.92 Å². The second-order valence-electron chi connectivity index (χ2n) is 3.21. The fourth-order valence-electron chi connectivity index (χ4n) is 1.21. The van der Waals surface area contributed by atoms with E-state index in [1.165, 1.54) is 7.11 Å². The summed E-state index contributed by atoms with van der Waals surface area (Å²) < 4.78 is 9.42. The van der Waals surface area contributed by atoms with E-state index in [1.807, 2.05) is 0 Å². The molecular formula is C9H13N5O5. The second-order valence-corrected chi connectivity index (χ2v) is 3.21. The van der Waals surface area contributed by atoms with E-state index in [0.717, 1.165) is 0 Å². The van der Waals surface area contributed by atoms with Crippen LogP contribution in [-0.2, 0) is 9.53 Å². The van der Waals surface area contributed by atoms with E-state index >= 15 is 0 Å². The van der Waals surface area contributed by atoms with E-state index in [-0.39, 0.29) is 30.8 Å². The van der Waals surface area contributed by atoms with E-state index in [2.05, 4.69) is 20.0 Å². The summed E-state index contributed by atoms with van der Waals surface area (Å²) in [4.78, 5) is 28.6. The Hall–Kier alpha value is -2.65. The maximum Gasteiger partial charge on any atom is 0.353 e. The molecule has 10 heteroatoms. The fourth-order valence-corrected chi connectivity index (χ4v) is 1.21. The summed E-state index contributed by atoms with van der Waals surface area (Å²) in [5.41, 5.74) is 4.91. The van der Waals surface area contributed by atoms with Gasteiger partial charge in [-0.1, -0.05) is 0 Å². The fraction of sp³-hybridized carbons (Fsp3) is 0.444. The highest BCUT2D eigenvalue weighted by molar-refractivity contribution is 5.77.